The van der Waals surface area contributed by atoms with Gasteiger partial charge >= 0.3 is 81.3 Å². The molecule has 13 heavy (non-hydrogen) atoms. The second kappa shape index (κ2) is 5.79. The average Bonchev–Trinajstić information content (AvgIpc) is 2.16. The molecule has 0 unspecified atom stereocenters. The van der Waals surface area contributed by atoms with Gasteiger partial charge in [0, 0.05) is 0 Å². The van der Waals surface area contributed by atoms with Gasteiger partial charge in [-0.15, -0.1) is 0 Å². The van der Waals surface area contributed by atoms with E-state index in [1.165, 1.54) is 0 Å². The molecule has 0 radical (unpaired) electrons. The van der Waals surface area contributed by atoms with Gasteiger partial charge in [-0.25, -0.2) is 0 Å². The molecule has 0 aliphatic carbocycles. The number of hydrogen-bond donors (Lipinski definition) is 6. The van der Waals surface area contributed by atoms with E-state index in [9.17, 15) is 14.4 Å². The Morgan fingerprint density at radius 3 is 1.15 bits per heavy atom. The quantitative estimate of drug-likeness (QED) is 0.144. The molecule has 0 saturated heterocycles. The Morgan fingerprint density at radius 1 is 0.769 bits per heavy atom. The molecule has 0 fully saturated rings. The van der Waals surface area contributed by atoms with Gasteiger partial charge in [0.05, 0.1) is 0 Å². The Hall–Kier alpha value is -0.788. The van der Waals surface area contributed by atoms with Crippen molar-refractivity contribution in [3.05, 3.63) is 0 Å². The third-order valence-corrected chi connectivity index (χ3v) is 8.69. The molecule has 0 saturated carbocycles. The molecule has 0 aliphatic heterocycles. The van der Waals surface area contributed by atoms with Crippen molar-refractivity contribution in [3.8, 4) is 0 Å². The maximum atomic E-state index is 10.9. The average molecular weight is 290 g/mol. The van der Waals surface area contributed by atoms with Gasteiger partial charge in [-0.2, -0.15) is 0 Å². The standard InChI is InChI=1S/3CH3N2O.Cd/c3*2-3-1-4;/h3*2H2,(H,3,4);. The van der Waals surface area contributed by atoms with E-state index >= 15 is 0 Å². The van der Waals surface area contributed by atoms with Crippen molar-refractivity contribution in [2.24, 2.45) is 17.5 Å². The number of nitrogens with two attached hydrogens (primary N) is 3. The number of hydrazine groups is 3. The Morgan fingerprint density at radius 2 is 1.00 bits per heavy atom. The Bertz CT molecular complexity index is 193. The van der Waals surface area contributed by atoms with Crippen molar-refractivity contribution >= 4 is 10.4 Å². The minimum absolute atomic E-state index is 0.785. The summed E-state index contributed by atoms with van der Waals surface area (Å²) in [5, 5.41) is 0. The number of rotatable bonds is 3. The van der Waals surface area contributed by atoms with Crippen molar-refractivity contribution in [1.82, 2.24) is 16.3 Å². The predicted octanol–water partition coefficient (Wildman–Crippen LogP) is -2.65. The van der Waals surface area contributed by atoms with Crippen molar-refractivity contribution in [3.63, 3.8) is 0 Å². The first-order valence-electron chi connectivity index (χ1n) is 3.29. The monoisotopic (exact) mass is 291 g/mol. The number of amides is 3. The number of carbonyl (C=O) groups is 3. The zero-order chi connectivity index (χ0) is 10.4. The summed E-state index contributed by atoms with van der Waals surface area (Å²) >= 11 is -4.02. The fourth-order valence-corrected chi connectivity index (χ4v) is 4.99. The third-order valence-electron chi connectivity index (χ3n) is 1.45. The van der Waals surface area contributed by atoms with Crippen molar-refractivity contribution in [1.29, 1.82) is 0 Å². The summed E-state index contributed by atoms with van der Waals surface area (Å²) in [6.07, 6.45) is 0. The van der Waals surface area contributed by atoms with Gasteiger partial charge in [0.25, 0.3) is 0 Å². The second-order valence-corrected chi connectivity index (χ2v) is 10.8. The fourth-order valence-electron chi connectivity index (χ4n) is 0.744. The van der Waals surface area contributed by atoms with Crippen LogP contribution in [0.1, 0.15) is 0 Å². The van der Waals surface area contributed by atoms with E-state index in [2.05, 4.69) is 0 Å². The first kappa shape index (κ1) is 12.2. The fraction of sp³-hybridized carbons (Fsp3) is 0. The van der Waals surface area contributed by atoms with Crippen LogP contribution in [0.15, 0.2) is 0 Å². The van der Waals surface area contributed by atoms with E-state index in [0.29, 0.717) is 0 Å². The molecule has 3 amide bonds. The van der Waals surface area contributed by atoms with Gasteiger partial charge in [-0.1, -0.05) is 0 Å². The summed E-state index contributed by atoms with van der Waals surface area (Å²) in [7, 11) is 0. The Kier molecular flexibility index (Phi) is 5.44. The van der Waals surface area contributed by atoms with Gasteiger partial charge in [0.15, 0.2) is 0 Å². The topological polar surface area (TPSA) is 165 Å². The van der Waals surface area contributed by atoms with Crippen LogP contribution in [0, 0.1) is 0 Å². The van der Waals surface area contributed by atoms with Crippen molar-refractivity contribution in [2.45, 2.75) is 0 Å². The molecular weight excluding hydrogens is 280 g/mol. The van der Waals surface area contributed by atoms with Crippen LogP contribution in [-0.4, -0.2) is 10.4 Å². The molecular formula is C3H9CdN6O3. The predicted molar refractivity (Wildman–Crippen MR) is 38.2 cm³/mol. The molecule has 0 aliphatic rings. The molecule has 10 heteroatoms. The van der Waals surface area contributed by atoms with Crippen LogP contribution in [0.25, 0.3) is 0 Å². The van der Waals surface area contributed by atoms with Crippen LogP contribution in [0.3, 0.4) is 0 Å². The normalized spacial score (nSPS) is 8.54. The van der Waals surface area contributed by atoms with Gasteiger partial charge in [0.1, 0.15) is 0 Å². The van der Waals surface area contributed by atoms with Crippen molar-refractivity contribution < 1.29 is 37.1 Å². The molecule has 0 spiro atoms. The maximum absolute atomic E-state index is 10.9. The molecule has 0 aromatic carbocycles. The summed E-state index contributed by atoms with van der Waals surface area (Å²) in [4.78, 5) is 32.8. The molecule has 0 aromatic rings. The molecule has 71 valence electrons. The third kappa shape index (κ3) is 3.21. The van der Waals surface area contributed by atoms with E-state index in [1.807, 2.05) is 0 Å². The Labute approximate surface area is 81.4 Å². The molecule has 0 bridgehead atoms. The van der Waals surface area contributed by atoms with Gasteiger partial charge < -0.3 is 0 Å². The molecule has 0 atom stereocenters. The molecule has 9 nitrogen and oxygen atoms in total. The van der Waals surface area contributed by atoms with E-state index in [1.54, 1.807) is 16.3 Å². The van der Waals surface area contributed by atoms with Crippen LogP contribution in [0.2, 0.25) is 0 Å². The summed E-state index contributed by atoms with van der Waals surface area (Å²) < 4.78 is -2.36. The summed E-state index contributed by atoms with van der Waals surface area (Å²) in [6, 6.07) is 0. The second-order valence-electron chi connectivity index (χ2n) is 2.23. The van der Waals surface area contributed by atoms with Crippen LogP contribution < -0.4 is 33.8 Å². The van der Waals surface area contributed by atoms with E-state index in [4.69, 9.17) is 17.5 Å². The minimum atomic E-state index is -4.02. The van der Waals surface area contributed by atoms with E-state index in [-0.39, 0.29) is 0 Å². The van der Waals surface area contributed by atoms with E-state index < -0.39 is 33.1 Å². The first-order chi connectivity index (χ1) is 6.08. The van der Waals surface area contributed by atoms with Crippen molar-refractivity contribution in [2.75, 3.05) is 0 Å². The summed E-state index contributed by atoms with van der Waals surface area (Å²) in [5.41, 5.74) is 5.17. The SMILES string of the molecule is NN[C](=O)[Cd]([C](=O)NN)[C](=O)NN. The van der Waals surface area contributed by atoms with Gasteiger partial charge in [-0.3, -0.25) is 0 Å². The zero-order valence-electron chi connectivity index (χ0n) is 6.66. The molecule has 0 heterocycles. The number of nitrogens with one attached hydrogen (secondary N) is 3. The molecule has 0 rings (SSSR count). The van der Waals surface area contributed by atoms with Crippen LogP contribution in [-0.2, 0) is 22.7 Å². The number of carbonyl (C=O) groups excluding carboxylic acids is 3. The summed E-state index contributed by atoms with van der Waals surface area (Å²) in [6.45, 7) is 0. The van der Waals surface area contributed by atoms with Crippen LogP contribution >= 0.6 is 0 Å². The summed E-state index contributed by atoms with van der Waals surface area (Å²) in [5.74, 6) is 14.3. The van der Waals surface area contributed by atoms with Gasteiger partial charge in [0.2, 0.25) is 0 Å². The van der Waals surface area contributed by atoms with Crippen LogP contribution in [0.5, 0.6) is 0 Å². The zero-order valence-corrected chi connectivity index (χ0v) is 10.7. The first-order valence-corrected chi connectivity index (χ1v) is 9.34. The van der Waals surface area contributed by atoms with E-state index in [0.717, 1.165) is 0 Å². The van der Waals surface area contributed by atoms with Crippen LogP contribution in [0.4, 0.5) is 14.4 Å². The molecule has 9 N–H and O–H groups in total. The van der Waals surface area contributed by atoms with Gasteiger partial charge in [-0.05, 0) is 0 Å². The Balaban J connectivity index is 4.64. The molecule has 0 aromatic heterocycles. The number of hydrogen-bond acceptors (Lipinski definition) is 6.